The number of hydrogen-bond donors (Lipinski definition) is 1. The maximum Gasteiger partial charge on any atom is 0.309 e. The lowest BCUT2D eigenvalue weighted by Crippen LogP contribution is -2.29. The molecular formula is C19H21NO3. The Morgan fingerprint density at radius 3 is 2.78 bits per heavy atom. The Bertz CT molecular complexity index is 772. The summed E-state index contributed by atoms with van der Waals surface area (Å²) in [5.41, 5.74) is 2.34. The van der Waals surface area contributed by atoms with Gasteiger partial charge in [-0.25, -0.2) is 0 Å². The summed E-state index contributed by atoms with van der Waals surface area (Å²) >= 11 is 0. The van der Waals surface area contributed by atoms with Gasteiger partial charge < -0.3 is 9.72 Å². The molecule has 0 spiro atoms. The zero-order valence-electron chi connectivity index (χ0n) is 13.5. The molecule has 0 saturated carbocycles. The Balaban J connectivity index is 1.77. The summed E-state index contributed by atoms with van der Waals surface area (Å²) in [6, 6.07) is 7.67. The fourth-order valence-electron chi connectivity index (χ4n) is 3.13. The summed E-state index contributed by atoms with van der Waals surface area (Å²) in [5.74, 6) is -0.549. The number of carbonyl (C=O) groups excluding carboxylic acids is 2. The molecule has 2 aromatic rings. The average molecular weight is 311 g/mol. The summed E-state index contributed by atoms with van der Waals surface area (Å²) in [5, 5.41) is 0.874. The van der Waals surface area contributed by atoms with Gasteiger partial charge in [-0.2, -0.15) is 0 Å². The van der Waals surface area contributed by atoms with Gasteiger partial charge in [-0.3, -0.25) is 9.59 Å². The molecule has 0 saturated heterocycles. The highest BCUT2D eigenvalue weighted by molar-refractivity contribution is 6.11. The van der Waals surface area contributed by atoms with Crippen molar-refractivity contribution in [2.24, 2.45) is 5.92 Å². The first kappa shape index (κ1) is 15.5. The minimum atomic E-state index is -0.772. The number of rotatable bonds is 4. The number of para-hydroxylation sites is 1. The fraction of sp³-hybridized carbons (Fsp3) is 0.368. The molecule has 4 heteroatoms. The van der Waals surface area contributed by atoms with Gasteiger partial charge in [0.2, 0.25) is 5.78 Å². The highest BCUT2D eigenvalue weighted by Crippen LogP contribution is 2.25. The van der Waals surface area contributed by atoms with E-state index in [-0.39, 0.29) is 17.7 Å². The van der Waals surface area contributed by atoms with Crippen molar-refractivity contribution >= 4 is 22.7 Å². The zero-order chi connectivity index (χ0) is 16.4. The van der Waals surface area contributed by atoms with Crippen molar-refractivity contribution in [1.29, 1.82) is 0 Å². The average Bonchev–Trinajstić information content (AvgIpc) is 2.90. The van der Waals surface area contributed by atoms with Crippen LogP contribution in [0.5, 0.6) is 0 Å². The number of fused-ring (bicyclic) bond motifs is 1. The van der Waals surface area contributed by atoms with Crippen molar-refractivity contribution in [3.63, 3.8) is 0 Å². The summed E-state index contributed by atoms with van der Waals surface area (Å²) in [6.07, 6.45) is 5.70. The third kappa shape index (κ3) is 3.07. The second-order valence-corrected chi connectivity index (χ2v) is 6.10. The number of hydrogen-bond acceptors (Lipinski definition) is 3. The molecule has 0 fully saturated rings. The summed E-state index contributed by atoms with van der Waals surface area (Å²) in [6.45, 7) is 3.52. The van der Waals surface area contributed by atoms with E-state index in [0.717, 1.165) is 29.4 Å². The van der Waals surface area contributed by atoms with Crippen LogP contribution in [0.3, 0.4) is 0 Å². The molecule has 1 N–H and O–H groups in total. The van der Waals surface area contributed by atoms with E-state index < -0.39 is 6.10 Å². The van der Waals surface area contributed by atoms with Gasteiger partial charge >= 0.3 is 5.97 Å². The molecule has 1 aliphatic carbocycles. The molecule has 0 radical (unpaired) electrons. The van der Waals surface area contributed by atoms with Gasteiger partial charge in [0, 0.05) is 22.2 Å². The summed E-state index contributed by atoms with van der Waals surface area (Å²) in [4.78, 5) is 28.2. The van der Waals surface area contributed by atoms with Crippen molar-refractivity contribution in [3.05, 3.63) is 47.7 Å². The second kappa shape index (κ2) is 6.41. The molecule has 0 bridgehead atoms. The molecular weight excluding hydrogens is 290 g/mol. The van der Waals surface area contributed by atoms with Crippen molar-refractivity contribution in [2.75, 3.05) is 0 Å². The highest BCUT2D eigenvalue weighted by atomic mass is 16.5. The van der Waals surface area contributed by atoms with Crippen LogP contribution in [0.4, 0.5) is 0 Å². The van der Waals surface area contributed by atoms with E-state index in [0.29, 0.717) is 12.0 Å². The Hall–Kier alpha value is -2.36. The quantitative estimate of drug-likeness (QED) is 0.528. The highest BCUT2D eigenvalue weighted by Gasteiger charge is 2.27. The lowest BCUT2D eigenvalue weighted by Gasteiger charge is -2.19. The lowest BCUT2D eigenvalue weighted by atomic mass is 9.94. The van der Waals surface area contributed by atoms with E-state index >= 15 is 0 Å². The zero-order valence-corrected chi connectivity index (χ0v) is 13.5. The maximum atomic E-state index is 12.7. The van der Waals surface area contributed by atoms with Crippen molar-refractivity contribution in [2.45, 2.75) is 39.2 Å². The number of aromatic nitrogens is 1. The van der Waals surface area contributed by atoms with Gasteiger partial charge in [-0.1, -0.05) is 30.4 Å². The monoisotopic (exact) mass is 311 g/mol. The van der Waals surface area contributed by atoms with Gasteiger partial charge in [-0.05, 0) is 39.2 Å². The topological polar surface area (TPSA) is 59.2 Å². The van der Waals surface area contributed by atoms with E-state index in [1.54, 1.807) is 6.92 Å². The number of carbonyl (C=O) groups is 2. The van der Waals surface area contributed by atoms with Gasteiger partial charge in [0.25, 0.3) is 0 Å². The first-order chi connectivity index (χ1) is 11.1. The second-order valence-electron chi connectivity index (χ2n) is 6.10. The molecule has 23 heavy (non-hydrogen) atoms. The van der Waals surface area contributed by atoms with Crippen LogP contribution in [0.15, 0.2) is 36.4 Å². The number of benzene rings is 1. The molecule has 1 aromatic heterocycles. The minimum Gasteiger partial charge on any atom is -0.454 e. The Labute approximate surface area is 135 Å². The molecule has 3 rings (SSSR count). The Morgan fingerprint density at radius 2 is 2.04 bits per heavy atom. The van der Waals surface area contributed by atoms with Crippen LogP contribution in [0.25, 0.3) is 10.9 Å². The van der Waals surface area contributed by atoms with Crippen LogP contribution in [-0.2, 0) is 9.53 Å². The van der Waals surface area contributed by atoms with Gasteiger partial charge in [0.1, 0.15) is 0 Å². The molecule has 0 unspecified atom stereocenters. The van der Waals surface area contributed by atoms with Crippen molar-refractivity contribution in [3.8, 4) is 0 Å². The normalized spacial score (nSPS) is 18.8. The molecule has 2 atom stereocenters. The molecule has 0 amide bonds. The number of H-pyrrole nitrogens is 1. The molecule has 4 nitrogen and oxygen atoms in total. The Morgan fingerprint density at radius 1 is 1.26 bits per heavy atom. The molecule has 1 heterocycles. The van der Waals surface area contributed by atoms with Gasteiger partial charge in [0.15, 0.2) is 6.10 Å². The van der Waals surface area contributed by atoms with Crippen LogP contribution in [0, 0.1) is 12.8 Å². The van der Waals surface area contributed by atoms with Crippen LogP contribution in [0.1, 0.15) is 42.2 Å². The predicted molar refractivity (Wildman–Crippen MR) is 89.4 cm³/mol. The van der Waals surface area contributed by atoms with E-state index in [4.69, 9.17) is 4.74 Å². The number of aryl methyl sites for hydroxylation is 1. The van der Waals surface area contributed by atoms with Crippen LogP contribution >= 0.6 is 0 Å². The van der Waals surface area contributed by atoms with E-state index in [1.807, 2.05) is 37.3 Å². The molecule has 120 valence electrons. The molecule has 1 aliphatic rings. The summed E-state index contributed by atoms with van der Waals surface area (Å²) < 4.78 is 5.44. The van der Waals surface area contributed by atoms with Crippen LogP contribution in [0.2, 0.25) is 0 Å². The van der Waals surface area contributed by atoms with Crippen LogP contribution < -0.4 is 0 Å². The number of nitrogens with one attached hydrogen (secondary N) is 1. The standard InChI is InChI=1S/C19H21NO3/c1-12-17(15-10-6-7-11-16(15)20-12)18(21)13(2)23-19(22)14-8-4-3-5-9-14/h3-4,6-7,10-11,13-14,20H,5,8-9H2,1-2H3/t13-,14+/m0/s1. The summed E-state index contributed by atoms with van der Waals surface area (Å²) in [7, 11) is 0. The maximum absolute atomic E-state index is 12.7. The third-order valence-electron chi connectivity index (χ3n) is 4.40. The fourth-order valence-corrected chi connectivity index (χ4v) is 3.13. The smallest absolute Gasteiger partial charge is 0.309 e. The van der Waals surface area contributed by atoms with E-state index in [1.165, 1.54) is 0 Å². The number of ketones is 1. The number of ether oxygens (including phenoxy) is 1. The van der Waals surface area contributed by atoms with Crippen molar-refractivity contribution < 1.29 is 14.3 Å². The first-order valence-corrected chi connectivity index (χ1v) is 8.05. The van der Waals surface area contributed by atoms with Crippen molar-refractivity contribution in [1.82, 2.24) is 4.98 Å². The first-order valence-electron chi connectivity index (χ1n) is 8.05. The van der Waals surface area contributed by atoms with E-state index in [9.17, 15) is 9.59 Å². The molecule has 1 aromatic carbocycles. The van der Waals surface area contributed by atoms with Gasteiger partial charge in [0.05, 0.1) is 5.92 Å². The number of Topliss-reactive ketones (excluding diaryl/α,β-unsaturated/α-hetero) is 1. The number of aromatic amines is 1. The third-order valence-corrected chi connectivity index (χ3v) is 4.40. The Kier molecular flexibility index (Phi) is 4.33. The van der Waals surface area contributed by atoms with E-state index in [2.05, 4.69) is 11.1 Å². The molecule has 0 aliphatic heterocycles. The number of esters is 1. The SMILES string of the molecule is Cc1[nH]c2ccccc2c1C(=O)[C@H](C)OC(=O)[C@@H]1CC=CCC1. The van der Waals surface area contributed by atoms with Crippen LogP contribution in [-0.4, -0.2) is 22.8 Å². The number of allylic oxidation sites excluding steroid dienone is 2. The largest absolute Gasteiger partial charge is 0.454 e. The lowest BCUT2D eigenvalue weighted by molar-refractivity contribution is -0.151. The minimum absolute atomic E-state index is 0.126. The predicted octanol–water partition coefficient (Wildman–Crippen LogP) is 3.95. The van der Waals surface area contributed by atoms with Gasteiger partial charge in [-0.15, -0.1) is 0 Å².